The maximum atomic E-state index is 5.63. The summed E-state index contributed by atoms with van der Waals surface area (Å²) in [6, 6.07) is 7.95. The van der Waals surface area contributed by atoms with Crippen molar-refractivity contribution in [2.24, 2.45) is 4.99 Å². The Bertz CT molecular complexity index is 429. The number of nitrogens with zero attached hydrogens (tertiary/aromatic N) is 3. The average Bonchev–Trinajstić information content (AvgIpc) is 2.37. The maximum Gasteiger partial charge on any atom is 0.195 e. The number of benzene rings is 1. The van der Waals surface area contributed by atoms with Crippen molar-refractivity contribution < 1.29 is 4.74 Å². The van der Waals surface area contributed by atoms with E-state index in [1.807, 2.05) is 62.3 Å². The molecule has 0 N–H and O–H groups in total. The largest absolute Gasteiger partial charge is 0.489 e. The van der Waals surface area contributed by atoms with Gasteiger partial charge in [-0.25, -0.2) is 4.99 Å². The van der Waals surface area contributed by atoms with Crippen molar-refractivity contribution in [3.63, 3.8) is 0 Å². The highest BCUT2D eigenvalue weighted by molar-refractivity contribution is 5.79. The average molecular weight is 261 g/mol. The van der Waals surface area contributed by atoms with Crippen molar-refractivity contribution in [1.82, 2.24) is 9.80 Å². The van der Waals surface area contributed by atoms with E-state index in [-0.39, 0.29) is 0 Å². The summed E-state index contributed by atoms with van der Waals surface area (Å²) in [5.41, 5.74) is 1.07. The van der Waals surface area contributed by atoms with Gasteiger partial charge in [0.2, 0.25) is 0 Å². The van der Waals surface area contributed by atoms with Gasteiger partial charge in [0, 0.05) is 33.8 Å². The van der Waals surface area contributed by atoms with E-state index in [1.165, 1.54) is 0 Å². The Morgan fingerprint density at radius 1 is 1.21 bits per heavy atom. The molecular weight excluding hydrogens is 238 g/mol. The second-order valence-corrected chi connectivity index (χ2v) is 4.61. The molecule has 0 bridgehead atoms. The third-order valence-corrected chi connectivity index (χ3v) is 2.52. The van der Waals surface area contributed by atoms with Gasteiger partial charge in [-0.2, -0.15) is 0 Å². The van der Waals surface area contributed by atoms with Crippen LogP contribution < -0.4 is 4.74 Å². The summed E-state index contributed by atoms with van der Waals surface area (Å²) in [7, 11) is 7.94. The third-order valence-electron chi connectivity index (χ3n) is 2.52. The molecule has 4 heteroatoms. The van der Waals surface area contributed by atoms with Crippen LogP contribution in [0, 0.1) is 0 Å². The molecule has 1 rings (SSSR count). The Morgan fingerprint density at radius 2 is 1.84 bits per heavy atom. The minimum atomic E-state index is 0.509. The summed E-state index contributed by atoms with van der Waals surface area (Å²) in [6.45, 7) is 4.77. The molecule has 0 heterocycles. The fourth-order valence-electron chi connectivity index (χ4n) is 1.76. The topological polar surface area (TPSA) is 28.1 Å². The molecule has 0 saturated carbocycles. The lowest BCUT2D eigenvalue weighted by Gasteiger charge is -2.22. The SMILES string of the molecule is C=CCOc1ccccc1CN=C(N(C)C)N(C)C. The highest BCUT2D eigenvalue weighted by Gasteiger charge is 2.06. The molecule has 0 saturated heterocycles. The fraction of sp³-hybridized carbons (Fsp3) is 0.400. The summed E-state index contributed by atoms with van der Waals surface area (Å²) >= 11 is 0. The number of ether oxygens (including phenoxy) is 1. The summed E-state index contributed by atoms with van der Waals surface area (Å²) in [5, 5.41) is 0. The molecular formula is C15H23N3O. The van der Waals surface area contributed by atoms with E-state index < -0.39 is 0 Å². The first-order valence-corrected chi connectivity index (χ1v) is 6.27. The van der Waals surface area contributed by atoms with Crippen LogP contribution in [0.25, 0.3) is 0 Å². The van der Waals surface area contributed by atoms with E-state index in [2.05, 4.69) is 11.6 Å². The smallest absolute Gasteiger partial charge is 0.195 e. The van der Waals surface area contributed by atoms with E-state index in [4.69, 9.17) is 4.74 Å². The summed E-state index contributed by atoms with van der Waals surface area (Å²) in [4.78, 5) is 8.61. The molecule has 104 valence electrons. The van der Waals surface area contributed by atoms with E-state index in [1.54, 1.807) is 6.08 Å². The highest BCUT2D eigenvalue weighted by Crippen LogP contribution is 2.19. The molecule has 0 fully saturated rings. The first-order valence-electron chi connectivity index (χ1n) is 6.27. The first kappa shape index (κ1) is 15.1. The second kappa shape index (κ2) is 7.46. The van der Waals surface area contributed by atoms with Gasteiger partial charge >= 0.3 is 0 Å². The van der Waals surface area contributed by atoms with Gasteiger partial charge in [-0.05, 0) is 6.07 Å². The lowest BCUT2D eigenvalue weighted by Crippen LogP contribution is -2.35. The van der Waals surface area contributed by atoms with Crippen molar-refractivity contribution in [1.29, 1.82) is 0 Å². The number of guanidine groups is 1. The quantitative estimate of drug-likeness (QED) is 0.462. The summed E-state index contributed by atoms with van der Waals surface area (Å²) in [6.07, 6.45) is 1.74. The maximum absolute atomic E-state index is 5.63. The molecule has 0 aliphatic heterocycles. The minimum Gasteiger partial charge on any atom is -0.489 e. The Balaban J connectivity index is 2.86. The molecule has 0 aromatic heterocycles. The van der Waals surface area contributed by atoms with E-state index in [0.29, 0.717) is 13.2 Å². The Hall–Kier alpha value is -1.97. The number of rotatable bonds is 5. The van der Waals surface area contributed by atoms with Gasteiger partial charge in [-0.15, -0.1) is 0 Å². The standard InChI is InChI=1S/C15H23N3O/c1-6-11-19-14-10-8-7-9-13(14)12-16-15(17(2)3)18(4)5/h6-10H,1,11-12H2,2-5H3. The van der Waals surface area contributed by atoms with Crippen LogP contribution in [0.3, 0.4) is 0 Å². The third kappa shape index (κ3) is 4.66. The van der Waals surface area contributed by atoms with Crippen molar-refractivity contribution >= 4 is 5.96 Å². The summed E-state index contributed by atoms with van der Waals surface area (Å²) < 4.78 is 5.63. The van der Waals surface area contributed by atoms with Crippen LogP contribution in [0.2, 0.25) is 0 Å². The number of hydrogen-bond acceptors (Lipinski definition) is 2. The predicted octanol–water partition coefficient (Wildman–Crippen LogP) is 2.23. The minimum absolute atomic E-state index is 0.509. The molecule has 0 atom stereocenters. The molecule has 19 heavy (non-hydrogen) atoms. The van der Waals surface area contributed by atoms with Crippen LogP contribution in [0.1, 0.15) is 5.56 Å². The van der Waals surface area contributed by atoms with Gasteiger partial charge in [0.25, 0.3) is 0 Å². The van der Waals surface area contributed by atoms with Gasteiger partial charge in [0.1, 0.15) is 12.4 Å². The number of aliphatic imine (C=N–C) groups is 1. The zero-order chi connectivity index (χ0) is 14.3. The molecule has 0 unspecified atom stereocenters. The monoisotopic (exact) mass is 261 g/mol. The van der Waals surface area contributed by atoms with Crippen molar-refractivity contribution in [3.8, 4) is 5.75 Å². The Labute approximate surface area is 116 Å². The molecule has 0 spiro atoms. The molecule has 0 aliphatic rings. The van der Waals surface area contributed by atoms with E-state index >= 15 is 0 Å². The van der Waals surface area contributed by atoms with E-state index in [0.717, 1.165) is 17.3 Å². The van der Waals surface area contributed by atoms with Gasteiger partial charge in [-0.3, -0.25) is 0 Å². The zero-order valence-electron chi connectivity index (χ0n) is 12.3. The molecule has 1 aromatic carbocycles. The summed E-state index contributed by atoms with van der Waals surface area (Å²) in [5.74, 6) is 1.79. The van der Waals surface area contributed by atoms with Crippen molar-refractivity contribution in [2.45, 2.75) is 6.54 Å². The Kier molecular flexibility index (Phi) is 5.93. The molecule has 0 radical (unpaired) electrons. The van der Waals surface area contributed by atoms with Gasteiger partial charge in [0.15, 0.2) is 5.96 Å². The second-order valence-electron chi connectivity index (χ2n) is 4.61. The van der Waals surface area contributed by atoms with Crippen LogP contribution in [0.5, 0.6) is 5.75 Å². The van der Waals surface area contributed by atoms with Crippen LogP contribution in [-0.2, 0) is 6.54 Å². The molecule has 4 nitrogen and oxygen atoms in total. The lowest BCUT2D eigenvalue weighted by molar-refractivity contribution is 0.359. The molecule has 0 aliphatic carbocycles. The number of hydrogen-bond donors (Lipinski definition) is 0. The Morgan fingerprint density at radius 3 is 2.42 bits per heavy atom. The zero-order valence-corrected chi connectivity index (χ0v) is 12.3. The van der Waals surface area contributed by atoms with Gasteiger partial charge < -0.3 is 14.5 Å². The van der Waals surface area contributed by atoms with Crippen molar-refractivity contribution in [3.05, 3.63) is 42.5 Å². The van der Waals surface area contributed by atoms with Crippen LogP contribution in [0.4, 0.5) is 0 Å². The number of para-hydroxylation sites is 1. The fourth-order valence-corrected chi connectivity index (χ4v) is 1.76. The van der Waals surface area contributed by atoms with Crippen LogP contribution >= 0.6 is 0 Å². The first-order chi connectivity index (χ1) is 9.06. The predicted molar refractivity (Wildman–Crippen MR) is 80.6 cm³/mol. The van der Waals surface area contributed by atoms with Crippen LogP contribution in [0.15, 0.2) is 41.9 Å². The highest BCUT2D eigenvalue weighted by atomic mass is 16.5. The van der Waals surface area contributed by atoms with E-state index in [9.17, 15) is 0 Å². The molecule has 0 amide bonds. The van der Waals surface area contributed by atoms with Crippen molar-refractivity contribution in [2.75, 3.05) is 34.8 Å². The van der Waals surface area contributed by atoms with Gasteiger partial charge in [-0.1, -0.05) is 30.9 Å². The normalized spacial score (nSPS) is 9.68. The molecule has 1 aromatic rings. The van der Waals surface area contributed by atoms with Gasteiger partial charge in [0.05, 0.1) is 6.54 Å². The van der Waals surface area contributed by atoms with Crippen LogP contribution in [-0.4, -0.2) is 50.6 Å². The lowest BCUT2D eigenvalue weighted by atomic mass is 10.2.